The summed E-state index contributed by atoms with van der Waals surface area (Å²) >= 11 is 7.79. The van der Waals surface area contributed by atoms with Crippen molar-refractivity contribution < 1.29 is 18.1 Å². The van der Waals surface area contributed by atoms with Crippen LogP contribution < -0.4 is 14.9 Å². The Labute approximate surface area is 345 Å². The highest BCUT2D eigenvalue weighted by Crippen LogP contribution is 2.34. The molecule has 0 bridgehead atoms. The van der Waals surface area contributed by atoms with E-state index in [4.69, 9.17) is 11.6 Å². The Morgan fingerprint density at radius 3 is 2.26 bits per heavy atom. The number of anilines is 2. The van der Waals surface area contributed by atoms with E-state index in [2.05, 4.69) is 50.7 Å². The number of allylic oxidation sites excluding steroid dienone is 1. The fraction of sp³-hybridized carbons (Fsp3) is 0.372. The second-order valence-corrected chi connectivity index (χ2v) is 17.6. The molecule has 4 aromatic rings. The minimum atomic E-state index is -4.42. The molecule has 1 fully saturated rings. The molecule has 0 aromatic heterocycles. The van der Waals surface area contributed by atoms with Crippen molar-refractivity contribution in [2.75, 3.05) is 68.3 Å². The number of carbonyl (C=O) groups is 1. The van der Waals surface area contributed by atoms with Crippen molar-refractivity contribution in [3.05, 3.63) is 129 Å². The number of nitro benzene ring substituents is 1. The number of hydrogen-bond donors (Lipinski definition) is 2. The Morgan fingerprint density at radius 2 is 1.60 bits per heavy atom. The molecule has 6 rings (SSSR count). The lowest BCUT2D eigenvalue weighted by Crippen LogP contribution is -2.47. The monoisotopic (exact) mass is 830 g/mol. The molecule has 1 heterocycles. The van der Waals surface area contributed by atoms with Crippen LogP contribution in [0.15, 0.2) is 112 Å². The van der Waals surface area contributed by atoms with Gasteiger partial charge in [-0.25, -0.2) is 13.1 Å². The fourth-order valence-electron chi connectivity index (χ4n) is 7.46. The molecular formula is C43H51ClN6O5S2. The largest absolute Gasteiger partial charge is 0.375 e. The summed E-state index contributed by atoms with van der Waals surface area (Å²) in [4.78, 5) is 32.6. The van der Waals surface area contributed by atoms with Crippen molar-refractivity contribution in [3.63, 3.8) is 0 Å². The quantitative estimate of drug-likeness (QED) is 0.0608. The predicted molar refractivity (Wildman–Crippen MR) is 232 cm³/mol. The Balaban J connectivity index is 1.07. The first-order chi connectivity index (χ1) is 27.5. The number of nitrogens with one attached hydrogen (secondary N) is 2. The van der Waals surface area contributed by atoms with E-state index in [-0.39, 0.29) is 27.9 Å². The summed E-state index contributed by atoms with van der Waals surface area (Å²) in [5, 5.41) is 16.3. The fourth-order valence-corrected chi connectivity index (χ4v) is 9.51. The van der Waals surface area contributed by atoms with Crippen molar-refractivity contribution >= 4 is 61.9 Å². The van der Waals surface area contributed by atoms with Gasteiger partial charge in [-0.15, -0.1) is 11.8 Å². The summed E-state index contributed by atoms with van der Waals surface area (Å²) in [6.07, 6.45) is 4.62. The normalized spacial score (nSPS) is 15.8. The average molecular weight is 832 g/mol. The SMILES string of the molecule is CCN(CC)C[C@H](CSc1ccccc1)Nc1ccc(S(=O)(=O)NC(=O)c2ccc(N3CCN(CC4=C(c5ccc(Cl)cc5)CCCC4)CC3)cc2)cc1[N+](=O)[O-]. The van der Waals surface area contributed by atoms with E-state index in [1.165, 1.54) is 41.7 Å². The number of carbonyl (C=O) groups excluding carboxylic acids is 1. The molecule has 57 heavy (non-hydrogen) atoms. The van der Waals surface area contributed by atoms with Crippen LogP contribution in [-0.4, -0.2) is 93.2 Å². The number of halogens is 1. The van der Waals surface area contributed by atoms with Crippen molar-refractivity contribution in [2.24, 2.45) is 0 Å². The second kappa shape index (κ2) is 19.8. The molecular weight excluding hydrogens is 780 g/mol. The Kier molecular flexibility index (Phi) is 14.7. The number of nitrogens with zero attached hydrogens (tertiary/aromatic N) is 4. The number of benzene rings is 4. The van der Waals surface area contributed by atoms with Crippen LogP contribution in [0.4, 0.5) is 17.1 Å². The molecule has 2 N–H and O–H groups in total. The number of nitro groups is 1. The number of piperazine rings is 1. The van der Waals surface area contributed by atoms with Gasteiger partial charge in [0, 0.05) is 78.3 Å². The summed E-state index contributed by atoms with van der Waals surface area (Å²) in [5.41, 5.74) is 5.17. The lowest BCUT2D eigenvalue weighted by atomic mass is 9.87. The summed E-state index contributed by atoms with van der Waals surface area (Å²) in [6.45, 7) is 10.8. The molecule has 0 unspecified atom stereocenters. The van der Waals surface area contributed by atoms with Crippen molar-refractivity contribution in [1.82, 2.24) is 14.5 Å². The molecule has 2 aliphatic rings. The number of amides is 1. The van der Waals surface area contributed by atoms with Gasteiger partial charge in [0.25, 0.3) is 21.6 Å². The zero-order chi connectivity index (χ0) is 40.4. The standard InChI is InChI=1S/C43H51ClN6O5S2/c1-3-47(4-2)30-36(31-56-38-11-6-5-7-12-38)45-41-23-22-39(28-42(41)50(52)53)57(54,55)46-43(51)33-16-20-37(21-17-33)49-26-24-48(25-27-49)29-34-10-8-9-13-40(34)32-14-18-35(44)19-15-32/h5-7,11-12,14-23,28,36,45H,3-4,8-10,13,24-27,29-31H2,1-2H3,(H,46,51)/t36-/m1/s1. The summed E-state index contributed by atoms with van der Waals surface area (Å²) < 4.78 is 28.9. The van der Waals surface area contributed by atoms with Gasteiger partial charge in [-0.2, -0.15) is 0 Å². The first kappa shape index (κ1) is 42.2. The van der Waals surface area contributed by atoms with Gasteiger partial charge >= 0.3 is 0 Å². The Bertz CT molecular complexity index is 2120. The third-order valence-corrected chi connectivity index (χ3v) is 13.4. The van der Waals surface area contributed by atoms with Crippen LogP contribution >= 0.6 is 23.4 Å². The van der Waals surface area contributed by atoms with E-state index in [9.17, 15) is 23.3 Å². The third kappa shape index (κ3) is 11.4. The summed E-state index contributed by atoms with van der Waals surface area (Å²) in [7, 11) is -4.42. The molecule has 1 aliphatic heterocycles. The predicted octanol–water partition coefficient (Wildman–Crippen LogP) is 8.43. The molecule has 0 spiro atoms. The average Bonchev–Trinajstić information content (AvgIpc) is 3.23. The minimum Gasteiger partial charge on any atom is -0.375 e. The maximum Gasteiger partial charge on any atom is 0.293 e. The van der Waals surface area contributed by atoms with Crippen molar-refractivity contribution in [3.8, 4) is 0 Å². The molecule has 4 aromatic carbocycles. The van der Waals surface area contributed by atoms with Crippen LogP contribution in [0, 0.1) is 10.1 Å². The van der Waals surface area contributed by atoms with Gasteiger partial charge in [-0.1, -0.05) is 61.4 Å². The maximum absolute atomic E-state index is 13.4. The van der Waals surface area contributed by atoms with E-state index in [0.29, 0.717) is 12.3 Å². The maximum atomic E-state index is 13.4. The first-order valence-corrected chi connectivity index (χ1v) is 22.4. The van der Waals surface area contributed by atoms with E-state index < -0.39 is 20.9 Å². The number of likely N-dealkylation sites (N-methyl/N-ethyl adjacent to an activating group) is 1. The highest BCUT2D eigenvalue weighted by atomic mass is 35.5. The summed E-state index contributed by atoms with van der Waals surface area (Å²) in [5.74, 6) is -0.181. The van der Waals surface area contributed by atoms with Gasteiger partial charge in [0.05, 0.1) is 9.82 Å². The number of hydrogen-bond acceptors (Lipinski definition) is 10. The second-order valence-electron chi connectivity index (χ2n) is 14.4. The first-order valence-electron chi connectivity index (χ1n) is 19.6. The van der Waals surface area contributed by atoms with Gasteiger partial charge in [-0.3, -0.25) is 19.8 Å². The van der Waals surface area contributed by atoms with Crippen LogP contribution in [0.5, 0.6) is 0 Å². The number of rotatable bonds is 17. The van der Waals surface area contributed by atoms with Crippen molar-refractivity contribution in [2.45, 2.75) is 55.4 Å². The molecule has 1 aliphatic carbocycles. The topological polar surface area (TPSA) is 128 Å². The molecule has 14 heteroatoms. The van der Waals surface area contributed by atoms with Gasteiger partial charge in [0.1, 0.15) is 5.69 Å². The van der Waals surface area contributed by atoms with Gasteiger partial charge in [0.2, 0.25) is 0 Å². The van der Waals surface area contributed by atoms with Gasteiger partial charge < -0.3 is 15.1 Å². The molecule has 302 valence electrons. The smallest absolute Gasteiger partial charge is 0.293 e. The zero-order valence-electron chi connectivity index (χ0n) is 32.5. The van der Waals surface area contributed by atoms with Crippen LogP contribution in [0.2, 0.25) is 5.02 Å². The van der Waals surface area contributed by atoms with E-state index >= 15 is 0 Å². The van der Waals surface area contributed by atoms with Crippen LogP contribution in [0.25, 0.3) is 5.57 Å². The van der Waals surface area contributed by atoms with Crippen LogP contribution in [0.3, 0.4) is 0 Å². The van der Waals surface area contributed by atoms with Gasteiger partial charge in [-0.05, 0) is 111 Å². The van der Waals surface area contributed by atoms with E-state index in [1.807, 2.05) is 54.6 Å². The molecule has 1 amide bonds. The van der Waals surface area contributed by atoms with Crippen LogP contribution in [0.1, 0.15) is 55.5 Å². The molecule has 0 radical (unpaired) electrons. The molecule has 1 saturated heterocycles. The van der Waals surface area contributed by atoms with Crippen molar-refractivity contribution in [1.29, 1.82) is 0 Å². The Hall–Kier alpha value is -4.40. The lowest BCUT2D eigenvalue weighted by Gasteiger charge is -2.37. The van der Waals surface area contributed by atoms with Crippen LogP contribution in [-0.2, 0) is 10.0 Å². The van der Waals surface area contributed by atoms with E-state index in [0.717, 1.165) is 80.3 Å². The summed E-state index contributed by atoms with van der Waals surface area (Å²) in [6, 6.07) is 28.5. The number of thioether (sulfide) groups is 1. The van der Waals surface area contributed by atoms with E-state index in [1.54, 1.807) is 23.9 Å². The third-order valence-electron chi connectivity index (χ3n) is 10.7. The zero-order valence-corrected chi connectivity index (χ0v) is 34.9. The minimum absolute atomic E-state index is 0.169. The Morgan fingerprint density at radius 1 is 0.912 bits per heavy atom. The van der Waals surface area contributed by atoms with Gasteiger partial charge in [0.15, 0.2) is 0 Å². The lowest BCUT2D eigenvalue weighted by molar-refractivity contribution is -0.384. The number of sulfonamides is 1. The highest BCUT2D eigenvalue weighted by Gasteiger charge is 2.26. The molecule has 0 saturated carbocycles. The molecule has 1 atom stereocenters. The molecule has 11 nitrogen and oxygen atoms in total. The highest BCUT2D eigenvalue weighted by molar-refractivity contribution is 7.99.